The van der Waals surface area contributed by atoms with Crippen molar-refractivity contribution in [3.05, 3.63) is 29.8 Å². The molecule has 3 N–H and O–H groups in total. The van der Waals surface area contributed by atoms with Crippen LogP contribution in [0.1, 0.15) is 44.2 Å². The molecule has 1 aromatic rings. The maximum Gasteiger partial charge on any atom is 0.234 e. The predicted octanol–water partition coefficient (Wildman–Crippen LogP) is 1.29. The van der Waals surface area contributed by atoms with Crippen LogP contribution in [0.25, 0.3) is 0 Å². The van der Waals surface area contributed by atoms with Crippen LogP contribution in [-0.4, -0.2) is 67.0 Å². The molecule has 2 heterocycles. The normalized spacial score (nSPS) is 22.7. The number of nitrogens with zero attached hydrogens (tertiary/aromatic N) is 2. The van der Waals surface area contributed by atoms with Crippen molar-refractivity contribution in [1.82, 2.24) is 15.1 Å². The zero-order chi connectivity index (χ0) is 20.1. The number of hydrogen-bond acceptors (Lipinski definition) is 5. The highest BCUT2D eigenvalue weighted by atomic mass is 16.5. The molecule has 7 heteroatoms. The zero-order valence-corrected chi connectivity index (χ0v) is 16.9. The molecule has 3 rings (SSSR count). The first-order valence-electron chi connectivity index (χ1n) is 10.2. The lowest BCUT2D eigenvalue weighted by molar-refractivity contribution is -0.123. The van der Waals surface area contributed by atoms with Gasteiger partial charge in [-0.1, -0.05) is 18.2 Å². The highest BCUT2D eigenvalue weighted by Crippen LogP contribution is 2.26. The van der Waals surface area contributed by atoms with Gasteiger partial charge in [0, 0.05) is 24.7 Å². The molecule has 2 atom stereocenters. The Balaban J connectivity index is 1.47. The van der Waals surface area contributed by atoms with Crippen molar-refractivity contribution in [2.75, 3.05) is 33.3 Å². The minimum absolute atomic E-state index is 0.0213. The Morgan fingerprint density at radius 2 is 1.93 bits per heavy atom. The predicted molar refractivity (Wildman–Crippen MR) is 108 cm³/mol. The van der Waals surface area contributed by atoms with E-state index < -0.39 is 0 Å². The molecule has 154 valence electrons. The van der Waals surface area contributed by atoms with E-state index in [-0.39, 0.29) is 23.9 Å². The third kappa shape index (κ3) is 4.83. The van der Waals surface area contributed by atoms with Gasteiger partial charge in [0.15, 0.2) is 0 Å². The summed E-state index contributed by atoms with van der Waals surface area (Å²) in [6.07, 6.45) is 3.86. The van der Waals surface area contributed by atoms with Crippen molar-refractivity contribution >= 4 is 11.8 Å². The third-order valence-electron chi connectivity index (χ3n) is 6.00. The van der Waals surface area contributed by atoms with Crippen LogP contribution in [-0.2, 0) is 9.59 Å². The van der Waals surface area contributed by atoms with Crippen molar-refractivity contribution in [2.24, 2.45) is 5.73 Å². The minimum Gasteiger partial charge on any atom is -0.496 e. The summed E-state index contributed by atoms with van der Waals surface area (Å²) in [7, 11) is 1.64. The number of likely N-dealkylation sites (tertiary alicyclic amines) is 2. The van der Waals surface area contributed by atoms with Crippen molar-refractivity contribution < 1.29 is 14.3 Å². The number of benzene rings is 1. The molecule has 2 fully saturated rings. The summed E-state index contributed by atoms with van der Waals surface area (Å²) in [5, 5.41) is 3.07. The fourth-order valence-corrected chi connectivity index (χ4v) is 4.53. The Morgan fingerprint density at radius 3 is 2.61 bits per heavy atom. The molecule has 2 aliphatic rings. The van der Waals surface area contributed by atoms with E-state index in [1.165, 1.54) is 0 Å². The topological polar surface area (TPSA) is 87.9 Å². The van der Waals surface area contributed by atoms with E-state index >= 15 is 0 Å². The number of nitrogens with two attached hydrogens (primary N) is 1. The van der Waals surface area contributed by atoms with E-state index in [0.717, 1.165) is 56.6 Å². The second-order valence-corrected chi connectivity index (χ2v) is 7.84. The van der Waals surface area contributed by atoms with Gasteiger partial charge in [0.05, 0.1) is 25.7 Å². The van der Waals surface area contributed by atoms with Gasteiger partial charge in [-0.25, -0.2) is 0 Å². The second-order valence-electron chi connectivity index (χ2n) is 7.84. The molecular weight excluding hydrogens is 356 g/mol. The fourth-order valence-electron chi connectivity index (χ4n) is 4.53. The number of carbonyl (C=O) groups excluding carboxylic acids is 2. The van der Waals surface area contributed by atoms with Crippen molar-refractivity contribution in [2.45, 2.75) is 50.7 Å². The zero-order valence-electron chi connectivity index (χ0n) is 16.9. The average Bonchev–Trinajstić information content (AvgIpc) is 3.18. The van der Waals surface area contributed by atoms with Crippen LogP contribution in [0.2, 0.25) is 0 Å². The smallest absolute Gasteiger partial charge is 0.234 e. The number of piperidine rings is 1. The van der Waals surface area contributed by atoms with E-state index in [9.17, 15) is 9.59 Å². The molecule has 0 radical (unpaired) electrons. The van der Waals surface area contributed by atoms with Crippen molar-refractivity contribution in [1.29, 1.82) is 0 Å². The minimum atomic E-state index is -0.204. The fraction of sp³-hybridized carbons (Fsp3) is 0.619. The monoisotopic (exact) mass is 388 g/mol. The number of primary amides is 1. The maximum atomic E-state index is 12.5. The molecule has 28 heavy (non-hydrogen) atoms. The van der Waals surface area contributed by atoms with Gasteiger partial charge in [-0.15, -0.1) is 0 Å². The Labute approximate surface area is 167 Å². The lowest BCUT2D eigenvalue weighted by atomic mass is 10.0. The Morgan fingerprint density at radius 1 is 1.21 bits per heavy atom. The van der Waals surface area contributed by atoms with Gasteiger partial charge in [-0.05, 0) is 45.2 Å². The van der Waals surface area contributed by atoms with Gasteiger partial charge in [-0.3, -0.25) is 19.4 Å². The summed E-state index contributed by atoms with van der Waals surface area (Å²) < 4.78 is 5.38. The van der Waals surface area contributed by atoms with Gasteiger partial charge in [-0.2, -0.15) is 0 Å². The average molecular weight is 389 g/mol. The molecule has 0 saturated carbocycles. The summed E-state index contributed by atoms with van der Waals surface area (Å²) in [6.45, 7) is 5.05. The van der Waals surface area contributed by atoms with E-state index in [1.54, 1.807) is 7.11 Å². The van der Waals surface area contributed by atoms with Crippen LogP contribution in [0.4, 0.5) is 0 Å². The third-order valence-corrected chi connectivity index (χ3v) is 6.00. The van der Waals surface area contributed by atoms with E-state index in [4.69, 9.17) is 10.5 Å². The number of rotatable bonds is 7. The Bertz CT molecular complexity index is 688. The Kier molecular flexibility index (Phi) is 6.91. The molecular formula is C21H32N4O3. The number of hydrogen-bond donors (Lipinski definition) is 2. The standard InChI is InChI=1S/C21H32N4O3/c1-15(17-6-3-4-8-19(17)28-2)23-20(26)14-24-12-9-16(10-13-24)25-11-5-7-18(25)21(22)27/h3-4,6,8,15-16,18H,5,7,9-14H2,1-2H3,(H2,22,27)(H,23,26)/t15-,18-/m0/s1. The van der Waals surface area contributed by atoms with Crippen LogP contribution < -0.4 is 15.8 Å². The first-order chi connectivity index (χ1) is 13.5. The SMILES string of the molecule is COc1ccccc1[C@H](C)NC(=O)CN1CCC(N2CCC[C@H]2C(N)=O)CC1. The molecule has 2 saturated heterocycles. The number of ether oxygens (including phenoxy) is 1. The molecule has 1 aromatic carbocycles. The van der Waals surface area contributed by atoms with Crippen LogP contribution >= 0.6 is 0 Å². The molecule has 0 aliphatic carbocycles. The summed E-state index contributed by atoms with van der Waals surface area (Å²) >= 11 is 0. The molecule has 0 unspecified atom stereocenters. The summed E-state index contributed by atoms with van der Waals surface area (Å²) in [5.41, 5.74) is 6.53. The molecule has 2 aliphatic heterocycles. The van der Waals surface area contributed by atoms with E-state index in [0.29, 0.717) is 12.6 Å². The van der Waals surface area contributed by atoms with Crippen LogP contribution in [0.3, 0.4) is 0 Å². The largest absolute Gasteiger partial charge is 0.496 e. The maximum absolute atomic E-state index is 12.5. The number of carbonyl (C=O) groups is 2. The summed E-state index contributed by atoms with van der Waals surface area (Å²) in [6, 6.07) is 7.92. The molecule has 2 amide bonds. The van der Waals surface area contributed by atoms with E-state index in [1.807, 2.05) is 31.2 Å². The second kappa shape index (κ2) is 9.39. The summed E-state index contributed by atoms with van der Waals surface area (Å²) in [5.74, 6) is 0.600. The molecule has 7 nitrogen and oxygen atoms in total. The molecule has 0 aromatic heterocycles. The van der Waals surface area contributed by atoms with Gasteiger partial charge < -0.3 is 15.8 Å². The van der Waals surface area contributed by atoms with Gasteiger partial charge >= 0.3 is 0 Å². The first kappa shape index (κ1) is 20.6. The lowest BCUT2D eigenvalue weighted by Crippen LogP contribution is -2.51. The first-order valence-corrected chi connectivity index (χ1v) is 10.2. The van der Waals surface area contributed by atoms with Gasteiger partial charge in [0.1, 0.15) is 5.75 Å². The molecule has 0 bridgehead atoms. The van der Waals surface area contributed by atoms with Crippen molar-refractivity contribution in [3.63, 3.8) is 0 Å². The highest BCUT2D eigenvalue weighted by Gasteiger charge is 2.35. The van der Waals surface area contributed by atoms with Gasteiger partial charge in [0.25, 0.3) is 0 Å². The quantitative estimate of drug-likeness (QED) is 0.735. The van der Waals surface area contributed by atoms with Gasteiger partial charge in [0.2, 0.25) is 11.8 Å². The number of nitrogens with one attached hydrogen (secondary N) is 1. The van der Waals surface area contributed by atoms with Crippen LogP contribution in [0.15, 0.2) is 24.3 Å². The highest BCUT2D eigenvalue weighted by molar-refractivity contribution is 5.80. The molecule has 0 spiro atoms. The number of para-hydroxylation sites is 1. The van der Waals surface area contributed by atoms with Crippen LogP contribution in [0.5, 0.6) is 5.75 Å². The van der Waals surface area contributed by atoms with Crippen molar-refractivity contribution in [3.8, 4) is 5.75 Å². The Hall–Kier alpha value is -2.12. The number of methoxy groups -OCH3 is 1. The lowest BCUT2D eigenvalue weighted by Gasteiger charge is -2.38. The summed E-state index contributed by atoms with van der Waals surface area (Å²) in [4.78, 5) is 28.6. The van der Waals surface area contributed by atoms with Crippen LogP contribution in [0, 0.1) is 0 Å². The number of amides is 2. The van der Waals surface area contributed by atoms with E-state index in [2.05, 4.69) is 15.1 Å².